The summed E-state index contributed by atoms with van der Waals surface area (Å²) in [5.41, 5.74) is 1.09. The molecule has 0 amide bonds. The lowest BCUT2D eigenvalue weighted by Gasteiger charge is -2.09. The molecule has 10 heteroatoms. The lowest BCUT2D eigenvalue weighted by molar-refractivity contribution is -0.131. The average molecular weight is 515 g/mol. The van der Waals surface area contributed by atoms with Crippen molar-refractivity contribution in [3.8, 4) is 17.1 Å². The van der Waals surface area contributed by atoms with Crippen molar-refractivity contribution in [3.63, 3.8) is 0 Å². The Morgan fingerprint density at radius 1 is 1.21 bits per heavy atom. The quantitative estimate of drug-likeness (QED) is 0.311. The average Bonchev–Trinajstić information content (AvgIpc) is 3.08. The smallest absolute Gasteiger partial charge is 0.342 e. The van der Waals surface area contributed by atoms with Gasteiger partial charge < -0.3 is 14.8 Å². The zero-order valence-electron chi connectivity index (χ0n) is 14.9. The minimum atomic E-state index is -1.16. The van der Waals surface area contributed by atoms with E-state index in [4.69, 9.17) is 23.2 Å². The highest BCUT2D eigenvalue weighted by Gasteiger charge is 2.19. The molecule has 0 saturated carbocycles. The van der Waals surface area contributed by atoms with E-state index in [1.54, 1.807) is 16.7 Å². The number of aromatic hydroxyl groups is 1. The van der Waals surface area contributed by atoms with E-state index in [2.05, 4.69) is 26.1 Å². The second-order valence-electron chi connectivity index (χ2n) is 5.80. The van der Waals surface area contributed by atoms with Crippen molar-refractivity contribution in [2.24, 2.45) is 0 Å². The van der Waals surface area contributed by atoms with Gasteiger partial charge in [0, 0.05) is 27.7 Å². The summed E-state index contributed by atoms with van der Waals surface area (Å²) in [6.45, 7) is 2.45. The summed E-state index contributed by atoms with van der Waals surface area (Å²) < 4.78 is 2.17. The Morgan fingerprint density at radius 3 is 2.52 bits per heavy atom. The van der Waals surface area contributed by atoms with Gasteiger partial charge in [-0.3, -0.25) is 0 Å². The van der Waals surface area contributed by atoms with Crippen LogP contribution >= 0.6 is 50.9 Å². The molecular formula is C19H14BrCl2N3O3S. The fourth-order valence-corrected chi connectivity index (χ4v) is 4.37. The van der Waals surface area contributed by atoms with Gasteiger partial charge in [-0.25, -0.2) is 4.79 Å². The standard InChI is InChI=1S/C19H14BrCl2N3O3S/c1-2-25-17(10-3-5-12(21)6-4-10)23-24-19(25)29-15(18(27)28)8-11-7-13(22)9-14(20)16(11)26/h3-9,26H,2H2,1H3,(H,27,28)/b15-8-. The van der Waals surface area contributed by atoms with Crippen LogP contribution in [-0.4, -0.2) is 30.9 Å². The summed E-state index contributed by atoms with van der Waals surface area (Å²) in [7, 11) is 0. The van der Waals surface area contributed by atoms with E-state index in [9.17, 15) is 15.0 Å². The van der Waals surface area contributed by atoms with Gasteiger partial charge in [0.15, 0.2) is 11.0 Å². The third kappa shape index (κ3) is 4.95. The molecule has 2 aromatic carbocycles. The van der Waals surface area contributed by atoms with E-state index in [1.807, 2.05) is 19.1 Å². The van der Waals surface area contributed by atoms with Crippen molar-refractivity contribution in [1.82, 2.24) is 14.8 Å². The zero-order valence-corrected chi connectivity index (χ0v) is 18.8. The van der Waals surface area contributed by atoms with Crippen LogP contribution in [0.5, 0.6) is 5.75 Å². The van der Waals surface area contributed by atoms with Crippen molar-refractivity contribution < 1.29 is 15.0 Å². The molecule has 3 aromatic rings. The monoisotopic (exact) mass is 513 g/mol. The molecule has 2 N–H and O–H groups in total. The predicted octanol–water partition coefficient (Wildman–Crippen LogP) is 5.96. The number of phenolic OH excluding ortho intramolecular Hbond substituents is 1. The van der Waals surface area contributed by atoms with Crippen LogP contribution in [0.4, 0.5) is 0 Å². The fourth-order valence-electron chi connectivity index (χ4n) is 2.53. The van der Waals surface area contributed by atoms with Gasteiger partial charge in [-0.2, -0.15) is 0 Å². The molecule has 0 bridgehead atoms. The van der Waals surface area contributed by atoms with E-state index >= 15 is 0 Å². The van der Waals surface area contributed by atoms with Gasteiger partial charge in [0.1, 0.15) is 10.7 Å². The molecule has 1 aromatic heterocycles. The number of nitrogens with zero attached hydrogens (tertiary/aromatic N) is 3. The largest absolute Gasteiger partial charge is 0.506 e. The van der Waals surface area contributed by atoms with Crippen LogP contribution in [-0.2, 0) is 11.3 Å². The highest BCUT2D eigenvalue weighted by Crippen LogP contribution is 2.36. The van der Waals surface area contributed by atoms with Crippen molar-refractivity contribution in [3.05, 3.63) is 61.4 Å². The van der Waals surface area contributed by atoms with Crippen molar-refractivity contribution in [1.29, 1.82) is 0 Å². The van der Waals surface area contributed by atoms with E-state index in [0.717, 1.165) is 17.3 Å². The maximum absolute atomic E-state index is 11.8. The highest BCUT2D eigenvalue weighted by atomic mass is 79.9. The molecule has 0 unspecified atom stereocenters. The van der Waals surface area contributed by atoms with Crippen LogP contribution in [0.3, 0.4) is 0 Å². The van der Waals surface area contributed by atoms with E-state index in [1.165, 1.54) is 18.2 Å². The molecule has 150 valence electrons. The number of aromatic nitrogens is 3. The summed E-state index contributed by atoms with van der Waals surface area (Å²) in [6, 6.07) is 10.1. The second-order valence-corrected chi connectivity index (χ2v) is 8.53. The van der Waals surface area contributed by atoms with Gasteiger partial charge in [-0.15, -0.1) is 10.2 Å². The SMILES string of the molecule is CCn1c(S/C(=C\c2cc(Cl)cc(Br)c2O)C(=O)O)nnc1-c1ccc(Cl)cc1. The Labute approximate surface area is 189 Å². The fraction of sp³-hybridized carbons (Fsp3) is 0.105. The van der Waals surface area contributed by atoms with Crippen molar-refractivity contribution >= 4 is 62.9 Å². The molecule has 0 aliphatic heterocycles. The van der Waals surface area contributed by atoms with Gasteiger partial charge in [0.05, 0.1) is 4.47 Å². The number of aliphatic carboxylic acids is 1. The van der Waals surface area contributed by atoms with Crippen LogP contribution in [0.15, 0.2) is 50.9 Å². The molecule has 0 fully saturated rings. The lowest BCUT2D eigenvalue weighted by Crippen LogP contribution is -2.02. The first-order valence-corrected chi connectivity index (χ1v) is 10.7. The minimum Gasteiger partial charge on any atom is -0.506 e. The van der Waals surface area contributed by atoms with Crippen molar-refractivity contribution in [2.45, 2.75) is 18.6 Å². The summed E-state index contributed by atoms with van der Waals surface area (Å²) >= 11 is 16.1. The van der Waals surface area contributed by atoms with Crippen molar-refractivity contribution in [2.75, 3.05) is 0 Å². The number of benzene rings is 2. The number of thioether (sulfide) groups is 1. The van der Waals surface area contributed by atoms with E-state index in [0.29, 0.717) is 32.0 Å². The van der Waals surface area contributed by atoms with Crippen LogP contribution in [0.25, 0.3) is 17.5 Å². The minimum absolute atomic E-state index is 0.0424. The molecule has 0 atom stereocenters. The van der Waals surface area contributed by atoms with Crippen LogP contribution < -0.4 is 0 Å². The Morgan fingerprint density at radius 2 is 1.90 bits per heavy atom. The maximum Gasteiger partial charge on any atom is 0.342 e. The Kier molecular flexibility index (Phi) is 6.89. The first-order chi connectivity index (χ1) is 13.8. The zero-order chi connectivity index (χ0) is 21.1. The second kappa shape index (κ2) is 9.21. The van der Waals surface area contributed by atoms with Crippen LogP contribution in [0, 0.1) is 0 Å². The van der Waals surface area contributed by atoms with Crippen LogP contribution in [0.2, 0.25) is 10.0 Å². The number of carbonyl (C=O) groups is 1. The molecule has 0 spiro atoms. The number of hydrogen-bond acceptors (Lipinski definition) is 5. The molecule has 1 heterocycles. The predicted molar refractivity (Wildman–Crippen MR) is 118 cm³/mol. The number of halogens is 3. The Hall–Kier alpha value is -2.00. The first-order valence-electron chi connectivity index (χ1n) is 8.30. The van der Waals surface area contributed by atoms with E-state index in [-0.39, 0.29) is 16.2 Å². The van der Waals surface area contributed by atoms with Gasteiger partial charge in [0.2, 0.25) is 0 Å². The number of carboxylic acid groups (broad SMARTS) is 1. The summed E-state index contributed by atoms with van der Waals surface area (Å²) in [5.74, 6) is -0.665. The Bertz CT molecular complexity index is 1100. The number of hydrogen-bond donors (Lipinski definition) is 2. The number of phenols is 1. The first kappa shape index (κ1) is 21.7. The van der Waals surface area contributed by atoms with Gasteiger partial charge in [0.25, 0.3) is 0 Å². The molecule has 3 rings (SSSR count). The van der Waals surface area contributed by atoms with Crippen LogP contribution in [0.1, 0.15) is 12.5 Å². The highest BCUT2D eigenvalue weighted by molar-refractivity contribution is 9.10. The normalized spacial score (nSPS) is 11.7. The number of rotatable bonds is 6. The molecule has 0 saturated heterocycles. The third-order valence-electron chi connectivity index (χ3n) is 3.89. The molecule has 0 radical (unpaired) electrons. The maximum atomic E-state index is 11.8. The summed E-state index contributed by atoms with van der Waals surface area (Å²) in [5, 5.41) is 29.6. The summed E-state index contributed by atoms with van der Waals surface area (Å²) in [6.07, 6.45) is 1.34. The molecule has 0 aliphatic rings. The summed E-state index contributed by atoms with van der Waals surface area (Å²) in [4.78, 5) is 11.8. The van der Waals surface area contributed by atoms with Gasteiger partial charge in [-0.1, -0.05) is 23.2 Å². The van der Waals surface area contributed by atoms with E-state index < -0.39 is 5.97 Å². The lowest BCUT2D eigenvalue weighted by atomic mass is 10.2. The van der Waals surface area contributed by atoms with Gasteiger partial charge >= 0.3 is 5.97 Å². The number of carboxylic acids is 1. The Balaban J connectivity index is 2.00. The third-order valence-corrected chi connectivity index (χ3v) is 5.96. The van der Waals surface area contributed by atoms with Gasteiger partial charge in [-0.05, 0) is 77.1 Å². The molecule has 6 nitrogen and oxygen atoms in total. The molecule has 0 aliphatic carbocycles. The topological polar surface area (TPSA) is 88.2 Å². The molecular weight excluding hydrogens is 501 g/mol. The molecule has 29 heavy (non-hydrogen) atoms.